The van der Waals surface area contributed by atoms with Gasteiger partial charge >= 0.3 is 12.2 Å². The Bertz CT molecular complexity index is 1460. The number of benzene rings is 3. The summed E-state index contributed by atoms with van der Waals surface area (Å²) in [5, 5.41) is 24.9. The van der Waals surface area contributed by atoms with Gasteiger partial charge in [0, 0.05) is 24.3 Å². The molecule has 0 aliphatic heterocycles. The van der Waals surface area contributed by atoms with E-state index < -0.39 is 36.0 Å². The van der Waals surface area contributed by atoms with E-state index in [0.717, 1.165) is 27.9 Å². The van der Waals surface area contributed by atoms with Crippen molar-refractivity contribution in [1.82, 2.24) is 15.2 Å². The third kappa shape index (κ3) is 9.95. The zero-order valence-corrected chi connectivity index (χ0v) is 25.5. The standard InChI is InChI=1S/C36H41N3O5/c1-36(2,3)44-34(41)38-32(23-26-12-6-4-7-13-26)33(40)24-30(39(35(42)43)25-28-14-8-5-9-15-28)22-27-17-19-29(20-18-27)31-16-10-11-21-37-31/h4-21,30,32-33,40H,22-25H2,1-3H3,(H,38,41)(H,42,43)/t30?,32-,33+/m0/s1. The van der Waals surface area contributed by atoms with E-state index in [1.807, 2.05) is 103 Å². The van der Waals surface area contributed by atoms with Crippen molar-refractivity contribution in [3.8, 4) is 11.3 Å². The highest BCUT2D eigenvalue weighted by Gasteiger charge is 2.31. The molecule has 3 atom stereocenters. The minimum absolute atomic E-state index is 0.0917. The van der Waals surface area contributed by atoms with Gasteiger partial charge in [0.15, 0.2) is 0 Å². The molecule has 3 aromatic carbocycles. The number of carboxylic acid groups (broad SMARTS) is 1. The zero-order valence-electron chi connectivity index (χ0n) is 25.5. The first-order valence-electron chi connectivity index (χ1n) is 14.8. The molecular weight excluding hydrogens is 554 g/mol. The number of nitrogens with zero attached hydrogens (tertiary/aromatic N) is 2. The number of rotatable bonds is 12. The molecule has 2 amide bonds. The van der Waals surface area contributed by atoms with E-state index in [9.17, 15) is 19.8 Å². The Balaban J connectivity index is 1.61. The van der Waals surface area contributed by atoms with Gasteiger partial charge in [-0.15, -0.1) is 0 Å². The minimum Gasteiger partial charge on any atom is -0.465 e. The summed E-state index contributed by atoms with van der Waals surface area (Å²) in [5.41, 5.74) is 3.77. The smallest absolute Gasteiger partial charge is 0.407 e. The predicted octanol–water partition coefficient (Wildman–Crippen LogP) is 6.73. The van der Waals surface area contributed by atoms with Crippen molar-refractivity contribution >= 4 is 12.2 Å². The molecule has 1 aromatic heterocycles. The molecular formula is C36H41N3O5. The number of alkyl carbamates (subject to hydrolysis) is 1. The summed E-state index contributed by atoms with van der Waals surface area (Å²) in [5.74, 6) is 0. The van der Waals surface area contributed by atoms with Crippen LogP contribution >= 0.6 is 0 Å². The first-order chi connectivity index (χ1) is 21.1. The number of nitrogens with one attached hydrogen (secondary N) is 1. The molecule has 1 heterocycles. The van der Waals surface area contributed by atoms with Gasteiger partial charge in [-0.1, -0.05) is 91.0 Å². The molecule has 8 nitrogen and oxygen atoms in total. The molecule has 0 fully saturated rings. The van der Waals surface area contributed by atoms with Crippen LogP contribution in [0.2, 0.25) is 0 Å². The number of hydrogen-bond donors (Lipinski definition) is 3. The Morgan fingerprint density at radius 2 is 1.41 bits per heavy atom. The lowest BCUT2D eigenvalue weighted by atomic mass is 9.92. The van der Waals surface area contributed by atoms with Crippen LogP contribution < -0.4 is 5.32 Å². The highest BCUT2D eigenvalue weighted by Crippen LogP contribution is 2.23. The lowest BCUT2D eigenvalue weighted by Gasteiger charge is -2.34. The Morgan fingerprint density at radius 3 is 1.98 bits per heavy atom. The molecule has 0 saturated carbocycles. The Labute approximate surface area is 259 Å². The SMILES string of the molecule is CC(C)(C)OC(=O)N[C@@H](Cc1ccccc1)[C@H](O)CC(Cc1ccc(-c2ccccn2)cc1)N(Cc1ccccc1)C(=O)O. The summed E-state index contributed by atoms with van der Waals surface area (Å²) in [6, 6.07) is 31.2. The fourth-order valence-electron chi connectivity index (χ4n) is 5.12. The minimum atomic E-state index is -1.09. The van der Waals surface area contributed by atoms with E-state index in [4.69, 9.17) is 4.74 Å². The van der Waals surface area contributed by atoms with E-state index in [1.54, 1.807) is 27.0 Å². The normalized spacial score (nSPS) is 13.4. The molecule has 0 aliphatic rings. The number of pyridine rings is 1. The number of ether oxygens (including phenoxy) is 1. The maximum Gasteiger partial charge on any atom is 0.407 e. The molecule has 3 N–H and O–H groups in total. The molecule has 0 aliphatic carbocycles. The van der Waals surface area contributed by atoms with Crippen molar-refractivity contribution < 1.29 is 24.5 Å². The number of aliphatic hydroxyl groups excluding tert-OH is 1. The van der Waals surface area contributed by atoms with E-state index in [1.165, 1.54) is 4.90 Å². The summed E-state index contributed by atoms with van der Waals surface area (Å²) in [6.45, 7) is 5.48. The fourth-order valence-corrected chi connectivity index (χ4v) is 5.12. The number of amides is 2. The van der Waals surface area contributed by atoms with E-state index >= 15 is 0 Å². The van der Waals surface area contributed by atoms with Crippen LogP contribution in [0.4, 0.5) is 9.59 Å². The van der Waals surface area contributed by atoms with Gasteiger partial charge in [-0.25, -0.2) is 9.59 Å². The van der Waals surface area contributed by atoms with Gasteiger partial charge in [-0.05, 0) is 68.9 Å². The summed E-state index contributed by atoms with van der Waals surface area (Å²) in [6.07, 6.45) is -0.255. The Morgan fingerprint density at radius 1 is 0.818 bits per heavy atom. The second-order valence-corrected chi connectivity index (χ2v) is 11.9. The van der Waals surface area contributed by atoms with Gasteiger partial charge in [-0.3, -0.25) is 4.98 Å². The van der Waals surface area contributed by atoms with Crippen molar-refractivity contribution in [2.45, 2.75) is 70.4 Å². The number of carbonyl (C=O) groups is 2. The molecule has 44 heavy (non-hydrogen) atoms. The lowest BCUT2D eigenvalue weighted by molar-refractivity contribution is 0.0351. The number of carbonyl (C=O) groups excluding carboxylic acids is 1. The Kier molecular flexibility index (Phi) is 11.1. The third-order valence-electron chi connectivity index (χ3n) is 7.25. The molecule has 0 saturated heterocycles. The highest BCUT2D eigenvalue weighted by atomic mass is 16.6. The molecule has 8 heteroatoms. The highest BCUT2D eigenvalue weighted by molar-refractivity contribution is 5.68. The molecule has 0 bridgehead atoms. The summed E-state index contributed by atoms with van der Waals surface area (Å²) in [4.78, 5) is 31.3. The van der Waals surface area contributed by atoms with Gasteiger partial charge in [0.05, 0.1) is 17.8 Å². The van der Waals surface area contributed by atoms with Gasteiger partial charge in [0.2, 0.25) is 0 Å². The van der Waals surface area contributed by atoms with Gasteiger partial charge < -0.3 is 25.2 Å². The second-order valence-electron chi connectivity index (χ2n) is 11.9. The summed E-state index contributed by atoms with van der Waals surface area (Å²) >= 11 is 0. The average molecular weight is 596 g/mol. The van der Waals surface area contributed by atoms with Crippen molar-refractivity contribution in [3.63, 3.8) is 0 Å². The van der Waals surface area contributed by atoms with Crippen molar-refractivity contribution in [2.24, 2.45) is 0 Å². The largest absolute Gasteiger partial charge is 0.465 e. The summed E-state index contributed by atoms with van der Waals surface area (Å²) in [7, 11) is 0. The maximum atomic E-state index is 12.8. The molecule has 4 rings (SSSR count). The van der Waals surface area contributed by atoms with Gasteiger partial charge in [0.25, 0.3) is 0 Å². The predicted molar refractivity (Wildman–Crippen MR) is 171 cm³/mol. The van der Waals surface area contributed by atoms with Crippen LogP contribution in [-0.2, 0) is 24.1 Å². The second kappa shape index (κ2) is 15.2. The van der Waals surface area contributed by atoms with Crippen molar-refractivity contribution in [3.05, 3.63) is 126 Å². The van der Waals surface area contributed by atoms with Crippen LogP contribution in [0.25, 0.3) is 11.3 Å². The number of hydrogen-bond acceptors (Lipinski definition) is 5. The number of aromatic nitrogens is 1. The molecule has 0 spiro atoms. The van der Waals surface area contributed by atoms with Crippen LogP contribution in [0, 0.1) is 0 Å². The monoisotopic (exact) mass is 595 g/mol. The topological polar surface area (TPSA) is 112 Å². The van der Waals surface area contributed by atoms with Crippen molar-refractivity contribution in [2.75, 3.05) is 0 Å². The van der Waals surface area contributed by atoms with Crippen LogP contribution in [0.15, 0.2) is 109 Å². The zero-order chi connectivity index (χ0) is 31.5. The summed E-state index contributed by atoms with van der Waals surface area (Å²) < 4.78 is 5.50. The van der Waals surface area contributed by atoms with Crippen LogP contribution in [0.5, 0.6) is 0 Å². The first kappa shape index (κ1) is 32.2. The maximum absolute atomic E-state index is 12.8. The third-order valence-corrected chi connectivity index (χ3v) is 7.25. The Hall–Kier alpha value is -4.69. The van der Waals surface area contributed by atoms with E-state index in [0.29, 0.717) is 12.8 Å². The first-order valence-corrected chi connectivity index (χ1v) is 14.8. The van der Waals surface area contributed by atoms with Crippen LogP contribution in [0.1, 0.15) is 43.9 Å². The van der Waals surface area contributed by atoms with Crippen LogP contribution in [0.3, 0.4) is 0 Å². The van der Waals surface area contributed by atoms with E-state index in [-0.39, 0.29) is 13.0 Å². The molecule has 4 aromatic rings. The van der Waals surface area contributed by atoms with Crippen LogP contribution in [-0.4, -0.2) is 56.1 Å². The van der Waals surface area contributed by atoms with Gasteiger partial charge in [0.1, 0.15) is 5.60 Å². The molecule has 0 radical (unpaired) electrons. The fraction of sp³-hybridized carbons (Fsp3) is 0.306. The number of aliphatic hydroxyl groups is 1. The van der Waals surface area contributed by atoms with E-state index in [2.05, 4.69) is 10.3 Å². The lowest BCUT2D eigenvalue weighted by Crippen LogP contribution is -2.50. The average Bonchev–Trinajstić information content (AvgIpc) is 3.00. The van der Waals surface area contributed by atoms with Gasteiger partial charge in [-0.2, -0.15) is 0 Å². The quantitative estimate of drug-likeness (QED) is 0.168. The van der Waals surface area contributed by atoms with Crippen molar-refractivity contribution in [1.29, 1.82) is 0 Å². The molecule has 1 unspecified atom stereocenters. The molecule has 230 valence electrons.